The first kappa shape index (κ1) is 15.0. The van der Waals surface area contributed by atoms with Crippen LogP contribution in [0.2, 0.25) is 0 Å². The number of nitro benzene ring substituents is 1. The molecular weight excluding hydrogens is 340 g/mol. The first-order valence-electron chi connectivity index (χ1n) is 5.93. The highest BCUT2D eigenvalue weighted by Crippen LogP contribution is 2.26. The average molecular weight is 351 g/mol. The van der Waals surface area contributed by atoms with Gasteiger partial charge in [0.2, 0.25) is 0 Å². The van der Waals surface area contributed by atoms with E-state index in [0.29, 0.717) is 5.69 Å². The van der Waals surface area contributed by atoms with Gasteiger partial charge < -0.3 is 10.4 Å². The van der Waals surface area contributed by atoms with Gasteiger partial charge in [-0.1, -0.05) is 15.9 Å². The van der Waals surface area contributed by atoms with Crippen molar-refractivity contribution in [3.8, 4) is 5.75 Å². The van der Waals surface area contributed by atoms with Crippen molar-refractivity contribution in [2.75, 3.05) is 5.32 Å². The summed E-state index contributed by atoms with van der Waals surface area (Å²) in [6.07, 6.45) is 0. The number of aryl methyl sites for hydroxylation is 1. The molecule has 0 unspecified atom stereocenters. The molecule has 2 aromatic carbocycles. The van der Waals surface area contributed by atoms with E-state index in [2.05, 4.69) is 21.2 Å². The molecule has 2 rings (SSSR count). The second-order valence-corrected chi connectivity index (χ2v) is 5.29. The highest BCUT2D eigenvalue weighted by Gasteiger charge is 2.21. The van der Waals surface area contributed by atoms with Gasteiger partial charge >= 0.3 is 0 Å². The molecule has 0 aliphatic carbocycles. The lowest BCUT2D eigenvalue weighted by atomic mass is 10.1. The van der Waals surface area contributed by atoms with Gasteiger partial charge in [0.05, 0.1) is 4.92 Å². The average Bonchev–Trinajstić information content (AvgIpc) is 2.41. The van der Waals surface area contributed by atoms with Gasteiger partial charge in [-0.2, -0.15) is 0 Å². The molecular formula is C14H11BrN2O4. The second-order valence-electron chi connectivity index (χ2n) is 4.37. The molecule has 21 heavy (non-hydrogen) atoms. The molecule has 0 aliphatic rings. The van der Waals surface area contributed by atoms with E-state index in [4.69, 9.17) is 0 Å². The number of anilines is 1. The maximum atomic E-state index is 12.2. The molecule has 0 saturated heterocycles. The number of amides is 1. The molecule has 0 heterocycles. The van der Waals surface area contributed by atoms with Crippen molar-refractivity contribution in [2.24, 2.45) is 0 Å². The Morgan fingerprint density at radius 2 is 2.00 bits per heavy atom. The number of hydrogen-bond donors (Lipinski definition) is 2. The fourth-order valence-corrected chi connectivity index (χ4v) is 2.30. The van der Waals surface area contributed by atoms with Crippen LogP contribution in [0, 0.1) is 17.0 Å². The van der Waals surface area contributed by atoms with Crippen molar-refractivity contribution in [2.45, 2.75) is 6.92 Å². The molecule has 2 N–H and O–H groups in total. The normalized spacial score (nSPS) is 10.2. The Balaban J connectivity index is 2.36. The van der Waals surface area contributed by atoms with Gasteiger partial charge in [0.1, 0.15) is 11.3 Å². The standard InChI is InChI=1S/C14H11BrN2O4/c1-8-6-9(15)2-4-12(8)16-14(19)11-7-10(18)3-5-13(11)17(20)21/h2-7,18H,1H3,(H,16,19). The summed E-state index contributed by atoms with van der Waals surface area (Å²) >= 11 is 3.31. The SMILES string of the molecule is Cc1cc(Br)ccc1NC(=O)c1cc(O)ccc1[N+](=O)[O-]. The fourth-order valence-electron chi connectivity index (χ4n) is 1.82. The zero-order valence-electron chi connectivity index (χ0n) is 11.0. The van der Waals surface area contributed by atoms with Crippen molar-refractivity contribution in [1.29, 1.82) is 0 Å². The summed E-state index contributed by atoms with van der Waals surface area (Å²) in [6.45, 7) is 1.80. The minimum atomic E-state index is -0.664. The van der Waals surface area contributed by atoms with Crippen LogP contribution < -0.4 is 5.32 Å². The molecule has 0 spiro atoms. The van der Waals surface area contributed by atoms with Crippen LogP contribution in [-0.4, -0.2) is 15.9 Å². The number of benzene rings is 2. The highest BCUT2D eigenvalue weighted by atomic mass is 79.9. The lowest BCUT2D eigenvalue weighted by Gasteiger charge is -2.09. The van der Waals surface area contributed by atoms with Gasteiger partial charge in [-0.15, -0.1) is 0 Å². The maximum absolute atomic E-state index is 12.2. The molecule has 0 saturated carbocycles. The predicted octanol–water partition coefficient (Wildman–Crippen LogP) is 3.62. The summed E-state index contributed by atoms with van der Waals surface area (Å²) in [5.74, 6) is -0.860. The Hall–Kier alpha value is -2.41. The molecule has 7 heteroatoms. The quantitative estimate of drug-likeness (QED) is 0.652. The monoisotopic (exact) mass is 350 g/mol. The zero-order valence-corrected chi connectivity index (χ0v) is 12.5. The second kappa shape index (κ2) is 5.92. The summed E-state index contributed by atoms with van der Waals surface area (Å²) < 4.78 is 0.862. The number of carbonyl (C=O) groups excluding carboxylic acids is 1. The van der Waals surface area contributed by atoms with E-state index in [1.165, 1.54) is 6.07 Å². The minimum Gasteiger partial charge on any atom is -0.508 e. The highest BCUT2D eigenvalue weighted by molar-refractivity contribution is 9.10. The molecule has 0 atom stereocenters. The first-order chi connectivity index (χ1) is 9.88. The van der Waals surface area contributed by atoms with E-state index in [1.807, 2.05) is 6.07 Å². The lowest BCUT2D eigenvalue weighted by molar-refractivity contribution is -0.385. The van der Waals surface area contributed by atoms with E-state index in [-0.39, 0.29) is 17.0 Å². The number of aromatic hydroxyl groups is 1. The van der Waals surface area contributed by atoms with Crippen LogP contribution in [-0.2, 0) is 0 Å². The largest absolute Gasteiger partial charge is 0.508 e. The van der Waals surface area contributed by atoms with Crippen LogP contribution in [0.4, 0.5) is 11.4 Å². The topological polar surface area (TPSA) is 92.5 Å². The zero-order chi connectivity index (χ0) is 15.6. The van der Waals surface area contributed by atoms with Gasteiger partial charge in [-0.05, 0) is 42.8 Å². The van der Waals surface area contributed by atoms with Crippen molar-refractivity contribution in [1.82, 2.24) is 0 Å². The van der Waals surface area contributed by atoms with E-state index in [9.17, 15) is 20.0 Å². The molecule has 6 nitrogen and oxygen atoms in total. The Labute approximate surface area is 128 Å². The third-order valence-electron chi connectivity index (χ3n) is 2.86. The number of carbonyl (C=O) groups is 1. The van der Waals surface area contributed by atoms with Crippen LogP contribution in [0.3, 0.4) is 0 Å². The number of nitro groups is 1. The molecule has 0 aromatic heterocycles. The van der Waals surface area contributed by atoms with E-state index < -0.39 is 10.8 Å². The number of halogens is 1. The van der Waals surface area contributed by atoms with Crippen LogP contribution in [0.15, 0.2) is 40.9 Å². The van der Waals surface area contributed by atoms with Gasteiger partial charge in [0.15, 0.2) is 0 Å². The molecule has 0 bridgehead atoms. The Bertz CT molecular complexity index is 731. The summed E-state index contributed by atoms with van der Waals surface area (Å²) in [7, 11) is 0. The third kappa shape index (κ3) is 3.38. The summed E-state index contributed by atoms with van der Waals surface area (Å²) in [5.41, 5.74) is 0.795. The number of nitrogens with zero attached hydrogens (tertiary/aromatic N) is 1. The molecule has 1 amide bonds. The number of phenolic OH excluding ortho intramolecular Hbond substituents is 1. The number of phenols is 1. The number of rotatable bonds is 3. The smallest absolute Gasteiger partial charge is 0.282 e. The number of nitrogens with one attached hydrogen (secondary N) is 1. The van der Waals surface area contributed by atoms with Crippen molar-refractivity contribution in [3.05, 3.63) is 62.1 Å². The van der Waals surface area contributed by atoms with Gasteiger partial charge in [-0.25, -0.2) is 0 Å². The minimum absolute atomic E-state index is 0.192. The fraction of sp³-hybridized carbons (Fsp3) is 0.0714. The molecule has 0 fully saturated rings. The van der Waals surface area contributed by atoms with Gasteiger partial charge in [0.25, 0.3) is 11.6 Å². The van der Waals surface area contributed by atoms with Crippen molar-refractivity contribution < 1.29 is 14.8 Å². The van der Waals surface area contributed by atoms with Crippen molar-refractivity contribution in [3.63, 3.8) is 0 Å². The van der Waals surface area contributed by atoms with Crippen LogP contribution in [0.1, 0.15) is 15.9 Å². The first-order valence-corrected chi connectivity index (χ1v) is 6.72. The maximum Gasteiger partial charge on any atom is 0.282 e. The van der Waals surface area contributed by atoms with E-state index in [1.54, 1.807) is 19.1 Å². The lowest BCUT2D eigenvalue weighted by Crippen LogP contribution is -2.14. The summed E-state index contributed by atoms with van der Waals surface area (Å²) in [5, 5.41) is 23.0. The molecule has 0 radical (unpaired) electrons. The summed E-state index contributed by atoms with van der Waals surface area (Å²) in [6, 6.07) is 8.58. The Kier molecular flexibility index (Phi) is 4.23. The predicted molar refractivity (Wildman–Crippen MR) is 81.6 cm³/mol. The van der Waals surface area contributed by atoms with Crippen LogP contribution in [0.25, 0.3) is 0 Å². The third-order valence-corrected chi connectivity index (χ3v) is 3.35. The van der Waals surface area contributed by atoms with Crippen LogP contribution in [0.5, 0.6) is 5.75 Å². The van der Waals surface area contributed by atoms with E-state index >= 15 is 0 Å². The van der Waals surface area contributed by atoms with E-state index in [0.717, 1.165) is 22.2 Å². The van der Waals surface area contributed by atoms with Crippen LogP contribution >= 0.6 is 15.9 Å². The Morgan fingerprint density at radius 1 is 1.29 bits per heavy atom. The molecule has 2 aromatic rings. The summed E-state index contributed by atoms with van der Waals surface area (Å²) in [4.78, 5) is 22.5. The number of hydrogen-bond acceptors (Lipinski definition) is 4. The molecule has 0 aliphatic heterocycles. The Morgan fingerprint density at radius 3 is 2.62 bits per heavy atom. The van der Waals surface area contributed by atoms with Gasteiger partial charge in [0, 0.05) is 16.2 Å². The van der Waals surface area contributed by atoms with Crippen molar-refractivity contribution >= 4 is 33.2 Å². The van der Waals surface area contributed by atoms with Gasteiger partial charge in [-0.3, -0.25) is 14.9 Å². The molecule has 108 valence electrons.